The Kier molecular flexibility index (Phi) is 3.82. The number of carbonyl (C=O) groups excluding carboxylic acids is 1. The lowest BCUT2D eigenvalue weighted by Crippen LogP contribution is -2.12. The molecule has 0 saturated carbocycles. The number of rotatable bonds is 3. The van der Waals surface area contributed by atoms with Crippen LogP contribution in [0, 0.1) is 0 Å². The van der Waals surface area contributed by atoms with Gasteiger partial charge in [0, 0.05) is 16.1 Å². The zero-order chi connectivity index (χ0) is 13.8. The Labute approximate surface area is 114 Å². The van der Waals surface area contributed by atoms with Gasteiger partial charge in [-0.05, 0) is 36.4 Å². The minimum absolute atomic E-state index is 0.259. The lowest BCUT2D eigenvalue weighted by molar-refractivity contribution is 0.103. The number of halogens is 1. The molecule has 2 N–H and O–H groups in total. The van der Waals surface area contributed by atoms with Crippen molar-refractivity contribution in [3.63, 3.8) is 0 Å². The van der Waals surface area contributed by atoms with Gasteiger partial charge < -0.3 is 5.11 Å². The first-order valence-electron chi connectivity index (χ1n) is 5.47. The molecule has 2 aromatic carbocycles. The largest absolute Gasteiger partial charge is 0.465 e. The third-order valence-electron chi connectivity index (χ3n) is 2.52. The Hall–Kier alpha value is -2.33. The molecule has 0 aromatic heterocycles. The highest BCUT2D eigenvalue weighted by Gasteiger charge is 2.14. The van der Waals surface area contributed by atoms with Crippen LogP contribution in [0.3, 0.4) is 0 Å². The molecular weight excluding hydrogens is 266 g/mol. The first-order chi connectivity index (χ1) is 9.08. The van der Waals surface area contributed by atoms with Crippen LogP contribution in [0.2, 0.25) is 5.02 Å². The van der Waals surface area contributed by atoms with Gasteiger partial charge in [0.15, 0.2) is 5.78 Å². The predicted octanol–water partition coefficient (Wildman–Crippen LogP) is 3.66. The summed E-state index contributed by atoms with van der Waals surface area (Å²) in [6.45, 7) is 0. The van der Waals surface area contributed by atoms with Crippen LogP contribution in [0.25, 0.3) is 0 Å². The first kappa shape index (κ1) is 13.1. The average molecular weight is 276 g/mol. The Morgan fingerprint density at radius 3 is 2.26 bits per heavy atom. The highest BCUT2D eigenvalue weighted by molar-refractivity contribution is 6.30. The van der Waals surface area contributed by atoms with E-state index in [0.717, 1.165) is 0 Å². The van der Waals surface area contributed by atoms with E-state index in [1.807, 2.05) is 0 Å². The molecule has 96 valence electrons. The van der Waals surface area contributed by atoms with Crippen LogP contribution in [0.15, 0.2) is 48.5 Å². The number of benzene rings is 2. The van der Waals surface area contributed by atoms with Crippen molar-refractivity contribution in [2.24, 2.45) is 0 Å². The van der Waals surface area contributed by atoms with E-state index in [1.54, 1.807) is 42.5 Å². The molecule has 1 amide bonds. The fraction of sp³-hybridized carbons (Fsp3) is 0. The maximum atomic E-state index is 12.3. The molecule has 0 aliphatic rings. The Morgan fingerprint density at radius 1 is 1.00 bits per heavy atom. The van der Waals surface area contributed by atoms with Gasteiger partial charge in [0.25, 0.3) is 0 Å². The third-order valence-corrected chi connectivity index (χ3v) is 2.77. The van der Waals surface area contributed by atoms with Crippen LogP contribution in [0.5, 0.6) is 0 Å². The van der Waals surface area contributed by atoms with Gasteiger partial charge in [-0.1, -0.05) is 23.7 Å². The van der Waals surface area contributed by atoms with E-state index in [1.165, 1.54) is 6.07 Å². The summed E-state index contributed by atoms with van der Waals surface area (Å²) in [5, 5.41) is 11.5. The van der Waals surface area contributed by atoms with E-state index < -0.39 is 6.09 Å². The Morgan fingerprint density at radius 2 is 1.63 bits per heavy atom. The van der Waals surface area contributed by atoms with Crippen LogP contribution >= 0.6 is 11.6 Å². The van der Waals surface area contributed by atoms with Gasteiger partial charge in [0.05, 0.1) is 5.69 Å². The van der Waals surface area contributed by atoms with Gasteiger partial charge in [0.1, 0.15) is 0 Å². The number of hydrogen-bond acceptors (Lipinski definition) is 2. The molecule has 0 unspecified atom stereocenters. The zero-order valence-corrected chi connectivity index (χ0v) is 10.5. The van der Waals surface area contributed by atoms with Crippen LogP contribution in [-0.2, 0) is 0 Å². The summed E-state index contributed by atoms with van der Waals surface area (Å²) in [6.07, 6.45) is -1.21. The summed E-state index contributed by atoms with van der Waals surface area (Å²) in [5.41, 5.74) is 1.01. The Balaban J connectivity index is 2.38. The minimum atomic E-state index is -1.21. The molecule has 19 heavy (non-hydrogen) atoms. The quantitative estimate of drug-likeness (QED) is 0.840. The van der Waals surface area contributed by atoms with Crippen molar-refractivity contribution in [3.8, 4) is 0 Å². The van der Waals surface area contributed by atoms with Crippen molar-refractivity contribution in [3.05, 3.63) is 64.7 Å². The van der Waals surface area contributed by atoms with Gasteiger partial charge in [-0.15, -0.1) is 0 Å². The second kappa shape index (κ2) is 5.54. The molecule has 0 bridgehead atoms. The molecular formula is C14H10ClNO3. The van der Waals surface area contributed by atoms with Gasteiger partial charge in [-0.2, -0.15) is 0 Å². The number of hydrogen-bond donors (Lipinski definition) is 2. The summed E-state index contributed by atoms with van der Waals surface area (Å²) >= 11 is 5.76. The van der Waals surface area contributed by atoms with E-state index in [-0.39, 0.29) is 11.5 Å². The molecule has 0 saturated heterocycles. The maximum Gasteiger partial charge on any atom is 0.409 e. The molecule has 0 radical (unpaired) electrons. The number of para-hydroxylation sites is 1. The molecule has 0 aliphatic carbocycles. The summed E-state index contributed by atoms with van der Waals surface area (Å²) in [5.74, 6) is -0.263. The normalized spacial score (nSPS) is 9.95. The van der Waals surface area contributed by atoms with E-state index in [2.05, 4.69) is 5.32 Å². The SMILES string of the molecule is O=C(O)Nc1ccccc1C(=O)c1ccc(Cl)cc1. The van der Waals surface area contributed by atoms with Crippen molar-refractivity contribution in [2.45, 2.75) is 0 Å². The average Bonchev–Trinajstić information content (AvgIpc) is 2.39. The van der Waals surface area contributed by atoms with Gasteiger partial charge in [-0.3, -0.25) is 10.1 Å². The fourth-order valence-corrected chi connectivity index (χ4v) is 1.79. The van der Waals surface area contributed by atoms with Crippen molar-refractivity contribution < 1.29 is 14.7 Å². The summed E-state index contributed by atoms with van der Waals surface area (Å²) in [6, 6.07) is 12.9. The monoisotopic (exact) mass is 275 g/mol. The highest BCUT2D eigenvalue weighted by atomic mass is 35.5. The molecule has 5 heteroatoms. The van der Waals surface area contributed by atoms with Crippen molar-refractivity contribution in [1.29, 1.82) is 0 Å². The van der Waals surface area contributed by atoms with E-state index in [0.29, 0.717) is 16.1 Å². The van der Waals surface area contributed by atoms with E-state index in [9.17, 15) is 9.59 Å². The first-order valence-corrected chi connectivity index (χ1v) is 5.85. The summed E-state index contributed by atoms with van der Waals surface area (Å²) < 4.78 is 0. The predicted molar refractivity (Wildman–Crippen MR) is 73.0 cm³/mol. The molecule has 0 aliphatic heterocycles. The van der Waals surface area contributed by atoms with E-state index in [4.69, 9.17) is 16.7 Å². The molecule has 0 heterocycles. The second-order valence-corrected chi connectivity index (χ2v) is 4.25. The maximum absolute atomic E-state index is 12.3. The van der Waals surface area contributed by atoms with Gasteiger partial charge in [-0.25, -0.2) is 4.79 Å². The molecule has 4 nitrogen and oxygen atoms in total. The zero-order valence-electron chi connectivity index (χ0n) is 9.76. The summed E-state index contributed by atoms with van der Waals surface area (Å²) in [4.78, 5) is 23.0. The number of ketones is 1. The number of anilines is 1. The fourth-order valence-electron chi connectivity index (χ4n) is 1.66. The van der Waals surface area contributed by atoms with Crippen molar-refractivity contribution >= 4 is 29.2 Å². The lowest BCUT2D eigenvalue weighted by atomic mass is 10.0. The van der Waals surface area contributed by atoms with Crippen molar-refractivity contribution in [1.82, 2.24) is 0 Å². The van der Waals surface area contributed by atoms with Crippen LogP contribution in [0.1, 0.15) is 15.9 Å². The third kappa shape index (κ3) is 3.11. The van der Waals surface area contributed by atoms with E-state index >= 15 is 0 Å². The molecule has 2 aromatic rings. The van der Waals surface area contributed by atoms with Gasteiger partial charge in [0.2, 0.25) is 0 Å². The number of carboxylic acid groups (broad SMARTS) is 1. The molecule has 2 rings (SSSR count). The second-order valence-electron chi connectivity index (χ2n) is 3.81. The summed E-state index contributed by atoms with van der Waals surface area (Å²) in [7, 11) is 0. The minimum Gasteiger partial charge on any atom is -0.465 e. The topological polar surface area (TPSA) is 66.4 Å². The smallest absolute Gasteiger partial charge is 0.409 e. The lowest BCUT2D eigenvalue weighted by Gasteiger charge is -2.08. The van der Waals surface area contributed by atoms with Gasteiger partial charge >= 0.3 is 6.09 Å². The highest BCUT2D eigenvalue weighted by Crippen LogP contribution is 2.20. The molecule has 0 fully saturated rings. The van der Waals surface area contributed by atoms with Crippen LogP contribution in [0.4, 0.5) is 10.5 Å². The standard InChI is InChI=1S/C14H10ClNO3/c15-10-7-5-9(6-8-10)13(17)11-3-1-2-4-12(11)16-14(18)19/h1-8,16H,(H,18,19). The number of amides is 1. The number of carbonyl (C=O) groups is 2. The van der Waals surface area contributed by atoms with Crippen molar-refractivity contribution in [2.75, 3.05) is 5.32 Å². The molecule has 0 spiro atoms. The molecule has 0 atom stereocenters. The van der Waals surface area contributed by atoms with Crippen LogP contribution < -0.4 is 5.32 Å². The Bertz CT molecular complexity index is 623. The number of nitrogens with one attached hydrogen (secondary N) is 1. The van der Waals surface area contributed by atoms with Crippen LogP contribution in [-0.4, -0.2) is 17.0 Å².